The van der Waals surface area contributed by atoms with Crippen LogP contribution in [-0.4, -0.2) is 47.5 Å². The molecule has 0 aliphatic carbocycles. The molecule has 1 fully saturated rings. The van der Waals surface area contributed by atoms with E-state index in [1.54, 1.807) is 33.3 Å². The van der Waals surface area contributed by atoms with Crippen molar-refractivity contribution in [1.82, 2.24) is 9.80 Å². The van der Waals surface area contributed by atoms with Crippen LogP contribution in [-0.2, 0) is 22.6 Å². The number of hydrogen-bond donors (Lipinski definition) is 1. The molecule has 0 unspecified atom stereocenters. The first kappa shape index (κ1) is 26.8. The van der Waals surface area contributed by atoms with Gasteiger partial charge >= 0.3 is 6.03 Å². The number of amides is 3. The Morgan fingerprint density at radius 3 is 2.43 bits per heavy atom. The van der Waals surface area contributed by atoms with E-state index in [2.05, 4.69) is 5.32 Å². The zero-order valence-electron chi connectivity index (χ0n) is 21.6. The fraction of sp³-hybridized carbons (Fsp3) is 0.379. The molecule has 2 heterocycles. The van der Waals surface area contributed by atoms with Crippen molar-refractivity contribution in [2.24, 2.45) is 0 Å². The minimum atomic E-state index is -0.332. The fourth-order valence-electron chi connectivity index (χ4n) is 4.32. The number of carbonyl (C=O) groups is 2. The predicted molar refractivity (Wildman–Crippen MR) is 145 cm³/mol. The molecule has 1 aromatic heterocycles. The van der Waals surface area contributed by atoms with Crippen molar-refractivity contribution >= 4 is 29.0 Å². The smallest absolute Gasteiger partial charge is 0.322 e. The molecule has 0 bridgehead atoms. The lowest BCUT2D eigenvalue weighted by Gasteiger charge is -2.29. The number of nitrogens with zero attached hydrogens (tertiary/aromatic N) is 2. The second-order valence-electron chi connectivity index (χ2n) is 9.65. The highest BCUT2D eigenvalue weighted by Gasteiger charge is 2.27. The summed E-state index contributed by atoms with van der Waals surface area (Å²) in [6, 6.07) is 13.6. The van der Waals surface area contributed by atoms with Crippen LogP contribution in [0.5, 0.6) is 0 Å². The number of nitrogens with one attached hydrogen (secondary N) is 1. The summed E-state index contributed by atoms with van der Waals surface area (Å²) in [5, 5.41) is 4.97. The standard InChI is InChI=1S/C29H34FN3O3S/c1-20-6-11-25(15-22(20)3)31-29(35)33(17-26-5-4-13-36-26)19-28(34)32(18-27-21(2)12-14-37-27)16-23-7-9-24(30)10-8-23/h6-12,14-15,26H,4-5,13,16-19H2,1-3H3,(H,31,35)/t26-/m1/s1. The van der Waals surface area contributed by atoms with Gasteiger partial charge in [0.25, 0.3) is 0 Å². The largest absolute Gasteiger partial charge is 0.376 e. The number of carbonyl (C=O) groups excluding carboxylic acids is 2. The van der Waals surface area contributed by atoms with Crippen LogP contribution >= 0.6 is 11.3 Å². The molecule has 6 nitrogen and oxygen atoms in total. The molecular formula is C29H34FN3O3S. The van der Waals surface area contributed by atoms with Gasteiger partial charge in [0, 0.05) is 30.3 Å². The van der Waals surface area contributed by atoms with Crippen molar-refractivity contribution in [1.29, 1.82) is 0 Å². The molecule has 1 saturated heterocycles. The number of halogens is 1. The van der Waals surface area contributed by atoms with E-state index in [0.29, 0.717) is 31.9 Å². The Morgan fingerprint density at radius 2 is 1.78 bits per heavy atom. The van der Waals surface area contributed by atoms with Crippen LogP contribution in [0.15, 0.2) is 53.9 Å². The average Bonchev–Trinajstić information content (AvgIpc) is 3.53. The fourth-order valence-corrected chi connectivity index (χ4v) is 5.24. The molecule has 1 aliphatic rings. The number of ether oxygens (including phenoxy) is 1. The minimum absolute atomic E-state index is 0.0812. The van der Waals surface area contributed by atoms with E-state index < -0.39 is 0 Å². The van der Waals surface area contributed by atoms with Crippen LogP contribution in [0.4, 0.5) is 14.9 Å². The number of urea groups is 1. The van der Waals surface area contributed by atoms with Crippen LogP contribution < -0.4 is 5.32 Å². The maximum Gasteiger partial charge on any atom is 0.322 e. The summed E-state index contributed by atoms with van der Waals surface area (Å²) in [6.07, 6.45) is 1.71. The van der Waals surface area contributed by atoms with Gasteiger partial charge in [0.1, 0.15) is 12.4 Å². The Labute approximate surface area is 222 Å². The van der Waals surface area contributed by atoms with Gasteiger partial charge in [0.2, 0.25) is 5.91 Å². The Hall–Kier alpha value is -3.23. The normalized spacial score (nSPS) is 15.0. The zero-order chi connectivity index (χ0) is 26.4. The summed E-state index contributed by atoms with van der Waals surface area (Å²) in [7, 11) is 0. The number of rotatable bonds is 9. The van der Waals surface area contributed by atoms with Gasteiger partial charge in [-0.3, -0.25) is 4.79 Å². The Morgan fingerprint density at radius 1 is 1.00 bits per heavy atom. The topological polar surface area (TPSA) is 61.9 Å². The molecule has 3 aromatic rings. The van der Waals surface area contributed by atoms with Crippen LogP contribution in [0.3, 0.4) is 0 Å². The quantitative estimate of drug-likeness (QED) is 0.371. The van der Waals surface area contributed by atoms with Gasteiger partial charge in [-0.1, -0.05) is 18.2 Å². The van der Waals surface area contributed by atoms with Crippen molar-refractivity contribution < 1.29 is 18.7 Å². The van der Waals surface area contributed by atoms with E-state index in [1.807, 2.05) is 50.4 Å². The van der Waals surface area contributed by atoms with E-state index in [0.717, 1.165) is 40.0 Å². The van der Waals surface area contributed by atoms with E-state index in [1.165, 1.54) is 12.1 Å². The Kier molecular flexibility index (Phi) is 8.95. The average molecular weight is 524 g/mol. The van der Waals surface area contributed by atoms with E-state index in [4.69, 9.17) is 4.74 Å². The van der Waals surface area contributed by atoms with Gasteiger partial charge in [-0.15, -0.1) is 11.3 Å². The van der Waals surface area contributed by atoms with Gasteiger partial charge in [0.05, 0.1) is 12.6 Å². The van der Waals surface area contributed by atoms with E-state index >= 15 is 0 Å². The Bertz CT molecular complexity index is 1220. The van der Waals surface area contributed by atoms with Crippen molar-refractivity contribution in [3.05, 3.63) is 86.9 Å². The van der Waals surface area contributed by atoms with Gasteiger partial charge in [-0.25, -0.2) is 9.18 Å². The third-order valence-electron chi connectivity index (χ3n) is 6.76. The number of benzene rings is 2. The third-order valence-corrected chi connectivity index (χ3v) is 7.77. The van der Waals surface area contributed by atoms with Gasteiger partial charge in [-0.05, 0) is 91.6 Å². The molecule has 3 amide bonds. The first-order chi connectivity index (χ1) is 17.8. The first-order valence-electron chi connectivity index (χ1n) is 12.6. The second-order valence-corrected chi connectivity index (χ2v) is 10.6. The van der Waals surface area contributed by atoms with Gasteiger partial charge in [0.15, 0.2) is 0 Å². The summed E-state index contributed by atoms with van der Waals surface area (Å²) in [5.41, 5.74) is 4.86. The third kappa shape index (κ3) is 7.40. The monoisotopic (exact) mass is 523 g/mol. The molecular weight excluding hydrogens is 489 g/mol. The molecule has 8 heteroatoms. The van der Waals surface area contributed by atoms with Crippen molar-refractivity contribution in [3.8, 4) is 0 Å². The summed E-state index contributed by atoms with van der Waals surface area (Å²) < 4.78 is 19.3. The van der Waals surface area contributed by atoms with E-state index in [-0.39, 0.29) is 30.4 Å². The number of aryl methyl sites for hydroxylation is 3. The molecule has 0 saturated carbocycles. The van der Waals surface area contributed by atoms with E-state index in [9.17, 15) is 14.0 Å². The lowest BCUT2D eigenvalue weighted by molar-refractivity contribution is -0.133. The zero-order valence-corrected chi connectivity index (χ0v) is 22.4. The molecule has 4 rings (SSSR count). The maximum atomic E-state index is 13.7. The molecule has 0 radical (unpaired) electrons. The highest BCUT2D eigenvalue weighted by molar-refractivity contribution is 7.10. The molecule has 0 spiro atoms. The highest BCUT2D eigenvalue weighted by Crippen LogP contribution is 2.21. The molecule has 2 aromatic carbocycles. The van der Waals surface area contributed by atoms with Gasteiger partial charge < -0.3 is 19.9 Å². The summed E-state index contributed by atoms with van der Waals surface area (Å²) >= 11 is 1.60. The molecule has 1 aliphatic heterocycles. The number of hydrogen-bond acceptors (Lipinski definition) is 4. The van der Waals surface area contributed by atoms with Crippen LogP contribution in [0, 0.1) is 26.6 Å². The molecule has 1 N–H and O–H groups in total. The summed E-state index contributed by atoms with van der Waals surface area (Å²) in [5.74, 6) is -0.494. The summed E-state index contributed by atoms with van der Waals surface area (Å²) in [6.45, 7) is 7.71. The number of thiophene rings is 1. The lowest BCUT2D eigenvalue weighted by Crippen LogP contribution is -2.46. The Balaban J connectivity index is 1.53. The highest BCUT2D eigenvalue weighted by atomic mass is 32.1. The maximum absolute atomic E-state index is 13.7. The van der Waals surface area contributed by atoms with Crippen LogP contribution in [0.1, 0.15) is 40.0 Å². The summed E-state index contributed by atoms with van der Waals surface area (Å²) in [4.78, 5) is 31.4. The lowest BCUT2D eigenvalue weighted by atomic mass is 10.1. The van der Waals surface area contributed by atoms with Crippen LogP contribution in [0.2, 0.25) is 0 Å². The predicted octanol–water partition coefficient (Wildman–Crippen LogP) is 6.05. The SMILES string of the molecule is Cc1ccc(NC(=O)N(CC(=O)N(Cc2ccc(F)cc2)Cc2sccc2C)C[C@H]2CCCO2)cc1C. The van der Waals surface area contributed by atoms with Crippen LogP contribution in [0.25, 0.3) is 0 Å². The minimum Gasteiger partial charge on any atom is -0.376 e. The molecule has 1 atom stereocenters. The van der Waals surface area contributed by atoms with Crippen molar-refractivity contribution in [3.63, 3.8) is 0 Å². The molecule has 37 heavy (non-hydrogen) atoms. The van der Waals surface area contributed by atoms with Crippen molar-refractivity contribution in [2.45, 2.75) is 52.8 Å². The molecule has 196 valence electrons. The van der Waals surface area contributed by atoms with Gasteiger partial charge in [-0.2, -0.15) is 0 Å². The first-order valence-corrected chi connectivity index (χ1v) is 13.5. The number of anilines is 1. The van der Waals surface area contributed by atoms with Crippen molar-refractivity contribution in [2.75, 3.05) is 25.0 Å². The second kappa shape index (κ2) is 12.3.